The van der Waals surface area contributed by atoms with Gasteiger partial charge < -0.3 is 10.5 Å². The molecule has 2 nitrogen and oxygen atoms in total. The highest BCUT2D eigenvalue weighted by molar-refractivity contribution is 6.35. The molecule has 2 aromatic rings. The summed E-state index contributed by atoms with van der Waals surface area (Å²) >= 11 is 12.1. The minimum absolute atomic E-state index is 0.337. The molecule has 0 amide bonds. The van der Waals surface area contributed by atoms with Crippen molar-refractivity contribution < 1.29 is 4.74 Å². The first-order chi connectivity index (χ1) is 9.10. The van der Waals surface area contributed by atoms with E-state index in [0.29, 0.717) is 28.9 Å². The fraction of sp³-hybridized carbons (Fsp3) is 0.200. The molecule has 0 aliphatic heterocycles. The van der Waals surface area contributed by atoms with E-state index in [4.69, 9.17) is 33.7 Å². The van der Waals surface area contributed by atoms with Crippen LogP contribution in [0.3, 0.4) is 0 Å². The van der Waals surface area contributed by atoms with Crippen LogP contribution in [0.4, 0.5) is 0 Å². The molecule has 0 bridgehead atoms. The lowest BCUT2D eigenvalue weighted by atomic mass is 10.1. The number of hydrogen-bond acceptors (Lipinski definition) is 2. The summed E-state index contributed by atoms with van der Waals surface area (Å²) in [4.78, 5) is 0. The fourth-order valence-electron chi connectivity index (χ4n) is 1.88. The molecule has 0 aliphatic rings. The van der Waals surface area contributed by atoms with E-state index in [1.807, 2.05) is 25.1 Å². The van der Waals surface area contributed by atoms with Gasteiger partial charge in [-0.2, -0.15) is 0 Å². The first kappa shape index (κ1) is 14.2. The van der Waals surface area contributed by atoms with Crippen molar-refractivity contribution in [3.63, 3.8) is 0 Å². The predicted molar refractivity (Wildman–Crippen MR) is 79.9 cm³/mol. The third kappa shape index (κ3) is 3.63. The zero-order valence-electron chi connectivity index (χ0n) is 10.6. The molecule has 2 rings (SSSR count). The van der Waals surface area contributed by atoms with Gasteiger partial charge in [0, 0.05) is 17.1 Å². The van der Waals surface area contributed by atoms with Crippen LogP contribution in [-0.4, -0.2) is 0 Å². The predicted octanol–water partition coefficient (Wildman–Crippen LogP) is 4.34. The van der Waals surface area contributed by atoms with Crippen LogP contribution < -0.4 is 10.5 Å². The summed E-state index contributed by atoms with van der Waals surface area (Å²) in [5, 5.41) is 1.05. The van der Waals surface area contributed by atoms with Crippen molar-refractivity contribution in [3.8, 4) is 5.75 Å². The molecule has 0 unspecified atom stereocenters. The van der Waals surface area contributed by atoms with Crippen molar-refractivity contribution in [1.82, 2.24) is 0 Å². The Labute approximate surface area is 123 Å². The molecule has 0 fully saturated rings. The van der Waals surface area contributed by atoms with Crippen LogP contribution in [0.1, 0.15) is 16.7 Å². The number of aryl methyl sites for hydroxylation is 1. The molecular weight excluding hydrogens is 281 g/mol. The standard InChI is InChI=1S/C15H15Cl2NO/c1-10-3-2-4-11(5-10)9-19-15-12(8-18)6-13(16)7-14(15)17/h2-7H,8-9,18H2,1H3. The number of hydrogen-bond donors (Lipinski definition) is 1. The highest BCUT2D eigenvalue weighted by Crippen LogP contribution is 2.32. The van der Waals surface area contributed by atoms with Gasteiger partial charge in [-0.15, -0.1) is 0 Å². The SMILES string of the molecule is Cc1cccc(COc2c(Cl)cc(Cl)cc2CN)c1. The van der Waals surface area contributed by atoms with E-state index in [1.165, 1.54) is 5.56 Å². The summed E-state index contributed by atoms with van der Waals surface area (Å²) in [5.41, 5.74) is 8.78. The molecule has 0 aromatic heterocycles. The molecule has 19 heavy (non-hydrogen) atoms. The van der Waals surface area contributed by atoms with Crippen molar-refractivity contribution in [1.29, 1.82) is 0 Å². The van der Waals surface area contributed by atoms with Gasteiger partial charge in [0.15, 0.2) is 0 Å². The van der Waals surface area contributed by atoms with E-state index < -0.39 is 0 Å². The Hall–Kier alpha value is -1.22. The van der Waals surface area contributed by atoms with Crippen LogP contribution >= 0.6 is 23.2 Å². The molecule has 0 radical (unpaired) electrons. The number of nitrogens with two attached hydrogens (primary N) is 1. The molecule has 0 heterocycles. The van der Waals surface area contributed by atoms with E-state index in [2.05, 4.69) is 6.07 Å². The monoisotopic (exact) mass is 295 g/mol. The minimum atomic E-state index is 0.337. The van der Waals surface area contributed by atoms with Gasteiger partial charge in [-0.25, -0.2) is 0 Å². The van der Waals surface area contributed by atoms with Gasteiger partial charge in [-0.3, -0.25) is 0 Å². The van der Waals surface area contributed by atoms with E-state index >= 15 is 0 Å². The summed E-state index contributed by atoms with van der Waals surface area (Å²) < 4.78 is 5.78. The second-order valence-electron chi connectivity index (χ2n) is 4.36. The number of halogens is 2. The van der Waals surface area contributed by atoms with Crippen LogP contribution in [0.2, 0.25) is 10.0 Å². The molecule has 0 aliphatic carbocycles. The largest absolute Gasteiger partial charge is 0.487 e. The number of rotatable bonds is 4. The molecular formula is C15H15Cl2NO. The van der Waals surface area contributed by atoms with Crippen molar-refractivity contribution in [2.24, 2.45) is 5.73 Å². The van der Waals surface area contributed by atoms with Crippen LogP contribution in [0.15, 0.2) is 36.4 Å². The fourth-order valence-corrected chi connectivity index (χ4v) is 2.47. The maximum absolute atomic E-state index is 6.15. The van der Waals surface area contributed by atoms with Gasteiger partial charge in [0.1, 0.15) is 12.4 Å². The van der Waals surface area contributed by atoms with Crippen molar-refractivity contribution in [2.75, 3.05) is 0 Å². The van der Waals surface area contributed by atoms with Crippen LogP contribution in [0, 0.1) is 6.92 Å². The summed E-state index contributed by atoms with van der Waals surface area (Å²) in [5.74, 6) is 0.607. The summed E-state index contributed by atoms with van der Waals surface area (Å²) in [7, 11) is 0. The molecule has 0 atom stereocenters. The zero-order chi connectivity index (χ0) is 13.8. The van der Waals surface area contributed by atoms with E-state index in [1.54, 1.807) is 12.1 Å². The molecule has 0 saturated heterocycles. The van der Waals surface area contributed by atoms with Gasteiger partial charge >= 0.3 is 0 Å². The third-order valence-electron chi connectivity index (χ3n) is 2.77. The smallest absolute Gasteiger partial charge is 0.142 e. The Bertz CT molecular complexity index is 584. The molecule has 2 N–H and O–H groups in total. The summed E-state index contributed by atoms with van der Waals surface area (Å²) in [6.45, 7) is 2.84. The number of benzene rings is 2. The first-order valence-electron chi connectivity index (χ1n) is 5.96. The van der Waals surface area contributed by atoms with E-state index in [0.717, 1.165) is 11.1 Å². The van der Waals surface area contributed by atoms with Gasteiger partial charge in [0.25, 0.3) is 0 Å². The zero-order valence-corrected chi connectivity index (χ0v) is 12.1. The Morgan fingerprint density at radius 2 is 1.95 bits per heavy atom. The van der Waals surface area contributed by atoms with E-state index in [-0.39, 0.29) is 0 Å². The summed E-state index contributed by atoms with van der Waals surface area (Å²) in [6, 6.07) is 11.6. The van der Waals surface area contributed by atoms with E-state index in [9.17, 15) is 0 Å². The highest BCUT2D eigenvalue weighted by atomic mass is 35.5. The lowest BCUT2D eigenvalue weighted by Gasteiger charge is -2.13. The Morgan fingerprint density at radius 3 is 2.63 bits per heavy atom. The van der Waals surface area contributed by atoms with Gasteiger partial charge in [-0.1, -0.05) is 53.0 Å². The molecule has 0 spiro atoms. The van der Waals surface area contributed by atoms with Crippen LogP contribution in [0.25, 0.3) is 0 Å². The Balaban J connectivity index is 2.19. The van der Waals surface area contributed by atoms with Crippen LogP contribution in [0.5, 0.6) is 5.75 Å². The van der Waals surface area contributed by atoms with Gasteiger partial charge in [0.05, 0.1) is 5.02 Å². The highest BCUT2D eigenvalue weighted by Gasteiger charge is 2.10. The maximum Gasteiger partial charge on any atom is 0.142 e. The average Bonchev–Trinajstić information content (AvgIpc) is 2.37. The van der Waals surface area contributed by atoms with Crippen molar-refractivity contribution in [3.05, 3.63) is 63.1 Å². The lowest BCUT2D eigenvalue weighted by Crippen LogP contribution is -2.03. The average molecular weight is 296 g/mol. The topological polar surface area (TPSA) is 35.2 Å². The Morgan fingerprint density at radius 1 is 1.16 bits per heavy atom. The number of ether oxygens (including phenoxy) is 1. The Kier molecular flexibility index (Phi) is 4.70. The molecule has 2 aromatic carbocycles. The molecule has 0 saturated carbocycles. The first-order valence-corrected chi connectivity index (χ1v) is 6.72. The lowest BCUT2D eigenvalue weighted by molar-refractivity contribution is 0.303. The second-order valence-corrected chi connectivity index (χ2v) is 5.20. The minimum Gasteiger partial charge on any atom is -0.487 e. The second kappa shape index (κ2) is 6.29. The molecule has 100 valence electrons. The van der Waals surface area contributed by atoms with Gasteiger partial charge in [-0.05, 0) is 24.6 Å². The summed E-state index contributed by atoms with van der Waals surface area (Å²) in [6.07, 6.45) is 0. The van der Waals surface area contributed by atoms with Crippen molar-refractivity contribution >= 4 is 23.2 Å². The van der Waals surface area contributed by atoms with Gasteiger partial charge in [0.2, 0.25) is 0 Å². The quantitative estimate of drug-likeness (QED) is 0.911. The van der Waals surface area contributed by atoms with Crippen molar-refractivity contribution in [2.45, 2.75) is 20.1 Å². The normalized spacial score (nSPS) is 10.5. The third-order valence-corrected chi connectivity index (χ3v) is 3.27. The maximum atomic E-state index is 6.15. The molecule has 4 heteroatoms. The van der Waals surface area contributed by atoms with Crippen LogP contribution in [-0.2, 0) is 13.2 Å².